The minimum atomic E-state index is -1.48. The molecule has 0 aliphatic rings. The highest BCUT2D eigenvalue weighted by Crippen LogP contribution is 2.23. The smallest absolute Gasteiger partial charge is 0.201 e. The van der Waals surface area contributed by atoms with Crippen LogP contribution >= 0.6 is 34.2 Å². The van der Waals surface area contributed by atoms with E-state index in [0.29, 0.717) is 0 Å². The molecular weight excluding hydrogens is 293 g/mol. The van der Waals surface area contributed by atoms with Crippen LogP contribution in [0.3, 0.4) is 0 Å². The largest absolute Gasteiger partial charge is 0.252 e. The molecule has 60 valence electrons. The minimum absolute atomic E-state index is 0.297. The summed E-state index contributed by atoms with van der Waals surface area (Å²) < 4.78 is 36.8. The second kappa shape index (κ2) is 3.14. The van der Waals surface area contributed by atoms with Crippen molar-refractivity contribution in [3.05, 3.63) is 26.3 Å². The average Bonchev–Trinajstić information content (AvgIpc) is 1.97. The van der Waals surface area contributed by atoms with Crippen LogP contribution in [0.25, 0.3) is 0 Å². The summed E-state index contributed by atoms with van der Waals surface area (Å²) in [5.74, 6) is -3.90. The van der Waals surface area contributed by atoms with Gasteiger partial charge in [0.2, 0.25) is 5.95 Å². The summed E-state index contributed by atoms with van der Waals surface area (Å²) >= 11 is 6.60. The average molecular weight is 293 g/mol. The Kier molecular flexibility index (Phi) is 2.58. The summed E-state index contributed by atoms with van der Waals surface area (Å²) in [7, 11) is 0. The van der Waals surface area contributed by atoms with Gasteiger partial charge in [0.25, 0.3) is 5.95 Å². The first-order chi connectivity index (χ1) is 5.04. The SMILES string of the molecule is Fc1nc(F)c(Cl)c(I)c1F. The van der Waals surface area contributed by atoms with Gasteiger partial charge < -0.3 is 0 Å². The van der Waals surface area contributed by atoms with Crippen LogP contribution < -0.4 is 0 Å². The Morgan fingerprint density at radius 2 is 1.73 bits per heavy atom. The van der Waals surface area contributed by atoms with E-state index in [9.17, 15) is 13.2 Å². The molecule has 0 aliphatic carbocycles. The van der Waals surface area contributed by atoms with E-state index >= 15 is 0 Å². The van der Waals surface area contributed by atoms with Crippen LogP contribution in [0.15, 0.2) is 0 Å². The molecule has 6 heteroatoms. The lowest BCUT2D eigenvalue weighted by Gasteiger charge is -1.98. The lowest BCUT2D eigenvalue weighted by molar-refractivity contribution is 0.443. The van der Waals surface area contributed by atoms with Gasteiger partial charge in [-0.2, -0.15) is 13.8 Å². The lowest BCUT2D eigenvalue weighted by atomic mass is 10.5. The first-order valence-electron chi connectivity index (χ1n) is 2.39. The highest BCUT2D eigenvalue weighted by Gasteiger charge is 2.16. The molecule has 0 atom stereocenters. The molecule has 0 fully saturated rings. The van der Waals surface area contributed by atoms with Crippen molar-refractivity contribution in [1.29, 1.82) is 0 Å². The molecule has 1 aromatic rings. The van der Waals surface area contributed by atoms with Crippen LogP contribution in [-0.2, 0) is 0 Å². The van der Waals surface area contributed by atoms with Crippen LogP contribution in [0.1, 0.15) is 0 Å². The van der Waals surface area contributed by atoms with E-state index in [1.54, 1.807) is 0 Å². The van der Waals surface area contributed by atoms with E-state index in [-0.39, 0.29) is 3.57 Å². The normalized spacial score (nSPS) is 10.3. The number of hydrogen-bond acceptors (Lipinski definition) is 1. The molecule has 0 radical (unpaired) electrons. The van der Waals surface area contributed by atoms with Crippen LogP contribution in [0.2, 0.25) is 5.02 Å². The molecule has 1 rings (SSSR count). The molecule has 1 nitrogen and oxygen atoms in total. The minimum Gasteiger partial charge on any atom is -0.201 e. The zero-order chi connectivity index (χ0) is 8.59. The first-order valence-corrected chi connectivity index (χ1v) is 3.85. The van der Waals surface area contributed by atoms with Gasteiger partial charge in [0.15, 0.2) is 5.82 Å². The lowest BCUT2D eigenvalue weighted by Crippen LogP contribution is -1.98. The Morgan fingerprint density at radius 1 is 1.18 bits per heavy atom. The van der Waals surface area contributed by atoms with Gasteiger partial charge in [-0.15, -0.1) is 0 Å². The third-order valence-corrected chi connectivity index (χ3v) is 2.62. The van der Waals surface area contributed by atoms with Gasteiger partial charge in [0.1, 0.15) is 5.02 Å². The molecule has 0 aromatic carbocycles. The number of rotatable bonds is 0. The second-order valence-electron chi connectivity index (χ2n) is 1.64. The fourth-order valence-electron chi connectivity index (χ4n) is 0.462. The number of hydrogen-bond donors (Lipinski definition) is 0. The van der Waals surface area contributed by atoms with E-state index in [2.05, 4.69) is 4.98 Å². The summed E-state index contributed by atoms with van der Waals surface area (Å²) in [6.07, 6.45) is 0. The van der Waals surface area contributed by atoms with E-state index < -0.39 is 22.7 Å². The number of nitrogens with zero attached hydrogens (tertiary/aromatic N) is 1. The quantitative estimate of drug-likeness (QED) is 0.529. The molecular formula is C5ClF3IN. The van der Waals surface area contributed by atoms with Crippen molar-refractivity contribution in [3.63, 3.8) is 0 Å². The molecule has 0 amide bonds. The molecule has 11 heavy (non-hydrogen) atoms. The van der Waals surface area contributed by atoms with Crippen molar-refractivity contribution in [3.8, 4) is 0 Å². The summed E-state index contributed by atoms with van der Waals surface area (Å²) in [4.78, 5) is 2.59. The molecule has 0 bridgehead atoms. The van der Waals surface area contributed by atoms with Gasteiger partial charge in [-0.05, 0) is 22.6 Å². The van der Waals surface area contributed by atoms with Crippen LogP contribution in [0.4, 0.5) is 13.2 Å². The van der Waals surface area contributed by atoms with Crippen molar-refractivity contribution in [2.45, 2.75) is 0 Å². The monoisotopic (exact) mass is 293 g/mol. The van der Waals surface area contributed by atoms with Gasteiger partial charge >= 0.3 is 0 Å². The third-order valence-electron chi connectivity index (χ3n) is 0.944. The Morgan fingerprint density at radius 3 is 2.27 bits per heavy atom. The predicted molar refractivity (Wildman–Crippen MR) is 41.8 cm³/mol. The van der Waals surface area contributed by atoms with E-state index in [1.165, 1.54) is 22.6 Å². The Labute approximate surface area is 78.7 Å². The topological polar surface area (TPSA) is 12.9 Å². The van der Waals surface area contributed by atoms with E-state index in [4.69, 9.17) is 11.6 Å². The molecule has 0 N–H and O–H groups in total. The maximum Gasteiger partial charge on any atom is 0.252 e. The van der Waals surface area contributed by atoms with Gasteiger partial charge in [-0.3, -0.25) is 0 Å². The standard InChI is InChI=1S/C5ClF3IN/c6-1-3(10)2(7)5(9)11-4(1)8. The zero-order valence-corrected chi connectivity index (χ0v) is 7.75. The molecule has 1 heterocycles. The summed E-state index contributed by atoms with van der Waals surface area (Å²) in [5.41, 5.74) is 0. The Hall–Kier alpha value is -0.0400. The number of halogens is 5. The fourth-order valence-corrected chi connectivity index (χ4v) is 1.03. The molecule has 1 aromatic heterocycles. The van der Waals surface area contributed by atoms with Crippen LogP contribution in [0, 0.1) is 21.3 Å². The number of aromatic nitrogens is 1. The molecule has 0 saturated heterocycles. The van der Waals surface area contributed by atoms with Crippen molar-refractivity contribution in [2.75, 3.05) is 0 Å². The Bertz CT molecular complexity index is 278. The molecule has 0 spiro atoms. The van der Waals surface area contributed by atoms with Crippen molar-refractivity contribution < 1.29 is 13.2 Å². The fraction of sp³-hybridized carbons (Fsp3) is 0. The van der Waals surface area contributed by atoms with Crippen molar-refractivity contribution in [1.82, 2.24) is 4.98 Å². The van der Waals surface area contributed by atoms with Crippen molar-refractivity contribution in [2.24, 2.45) is 0 Å². The maximum absolute atomic E-state index is 12.5. The van der Waals surface area contributed by atoms with Gasteiger partial charge in [0.05, 0.1) is 3.57 Å². The highest BCUT2D eigenvalue weighted by molar-refractivity contribution is 14.1. The molecule has 0 saturated carbocycles. The highest BCUT2D eigenvalue weighted by atomic mass is 127. The summed E-state index contributed by atoms with van der Waals surface area (Å²) in [6, 6.07) is 0. The maximum atomic E-state index is 12.5. The first kappa shape index (κ1) is 9.05. The van der Waals surface area contributed by atoms with E-state index in [1.807, 2.05) is 0 Å². The molecule has 0 aliphatic heterocycles. The van der Waals surface area contributed by atoms with Gasteiger partial charge in [-0.1, -0.05) is 11.6 Å². The number of pyridine rings is 1. The van der Waals surface area contributed by atoms with Crippen LogP contribution in [0.5, 0.6) is 0 Å². The van der Waals surface area contributed by atoms with Crippen molar-refractivity contribution >= 4 is 34.2 Å². The van der Waals surface area contributed by atoms with Gasteiger partial charge in [0, 0.05) is 0 Å². The van der Waals surface area contributed by atoms with E-state index in [0.717, 1.165) is 0 Å². The van der Waals surface area contributed by atoms with Crippen LogP contribution in [-0.4, -0.2) is 4.98 Å². The summed E-state index contributed by atoms with van der Waals surface area (Å²) in [5, 5.41) is -0.496. The summed E-state index contributed by atoms with van der Waals surface area (Å²) in [6.45, 7) is 0. The second-order valence-corrected chi connectivity index (χ2v) is 3.09. The molecule has 0 unspecified atom stereocenters. The van der Waals surface area contributed by atoms with Gasteiger partial charge in [-0.25, -0.2) is 4.39 Å². The predicted octanol–water partition coefficient (Wildman–Crippen LogP) is 2.76. The Balaban J connectivity index is 3.46. The zero-order valence-electron chi connectivity index (χ0n) is 4.84. The third kappa shape index (κ3) is 1.58.